The molecule has 4 rings (SSSR count). The molecule has 4 N–H and O–H groups in total. The average Bonchev–Trinajstić information content (AvgIpc) is 3.31. The van der Waals surface area contributed by atoms with Gasteiger partial charge in [-0.15, -0.1) is 11.8 Å². The van der Waals surface area contributed by atoms with Crippen LogP contribution in [0, 0.1) is 0 Å². The van der Waals surface area contributed by atoms with E-state index in [4.69, 9.17) is 5.11 Å². The summed E-state index contributed by atoms with van der Waals surface area (Å²) in [5, 5.41) is 22.9. The lowest BCUT2D eigenvalue weighted by Gasteiger charge is -2.13. The highest BCUT2D eigenvalue weighted by Gasteiger charge is 2.15. The number of aliphatic hydroxyl groups is 2. The number of rotatable bonds is 7. The Balaban J connectivity index is 1.66. The summed E-state index contributed by atoms with van der Waals surface area (Å²) in [6.07, 6.45) is 3.79. The molecule has 0 saturated carbocycles. The number of carbonyl (C=O) groups is 1. The maximum absolute atomic E-state index is 12.6. The van der Waals surface area contributed by atoms with Crippen molar-refractivity contribution in [1.82, 2.24) is 19.9 Å². The largest absolute Gasteiger partial charge is 0.395 e. The van der Waals surface area contributed by atoms with Crippen molar-refractivity contribution in [1.29, 1.82) is 0 Å². The lowest BCUT2D eigenvalue weighted by molar-refractivity contribution is 0.0952. The van der Waals surface area contributed by atoms with Crippen LogP contribution in [-0.4, -0.2) is 55.0 Å². The molecule has 0 saturated heterocycles. The number of aliphatic hydroxyl groups excluding tert-OH is 2. The molecule has 3 aromatic heterocycles. The second-order valence-electron chi connectivity index (χ2n) is 6.82. The van der Waals surface area contributed by atoms with E-state index in [9.17, 15) is 9.90 Å². The Morgan fingerprint density at radius 1 is 1.31 bits per heavy atom. The molecule has 29 heavy (non-hydrogen) atoms. The van der Waals surface area contributed by atoms with Crippen LogP contribution in [0.15, 0.2) is 48.8 Å². The Labute approximate surface area is 171 Å². The summed E-state index contributed by atoms with van der Waals surface area (Å²) in [4.78, 5) is 20.3. The number of hydrogen-bond acceptors (Lipinski definition) is 5. The molecule has 0 radical (unpaired) electrons. The van der Waals surface area contributed by atoms with Crippen LogP contribution in [0.1, 0.15) is 10.4 Å². The van der Waals surface area contributed by atoms with E-state index in [-0.39, 0.29) is 30.2 Å². The van der Waals surface area contributed by atoms with Crippen LogP contribution in [0.25, 0.3) is 33.2 Å². The molecular weight excluding hydrogens is 388 g/mol. The first kappa shape index (κ1) is 19.5. The van der Waals surface area contributed by atoms with E-state index < -0.39 is 0 Å². The monoisotopic (exact) mass is 410 g/mol. The molecule has 1 atom stereocenters. The van der Waals surface area contributed by atoms with Crippen LogP contribution in [0.2, 0.25) is 0 Å². The Kier molecular flexibility index (Phi) is 5.57. The van der Waals surface area contributed by atoms with Gasteiger partial charge in [-0.1, -0.05) is 0 Å². The molecule has 0 bridgehead atoms. The SMILES string of the molecule is Cn1cc(-c2cc3cccnc3[nH]2)c2cc(C(=O)NCC(CO)SCO)ccc21. The number of aromatic amines is 1. The van der Waals surface area contributed by atoms with E-state index >= 15 is 0 Å². The molecule has 7 nitrogen and oxygen atoms in total. The highest BCUT2D eigenvalue weighted by molar-refractivity contribution is 7.99. The van der Waals surface area contributed by atoms with Crippen molar-refractivity contribution < 1.29 is 15.0 Å². The molecular formula is C21H22N4O3S. The first-order valence-electron chi connectivity index (χ1n) is 9.25. The van der Waals surface area contributed by atoms with Gasteiger partial charge in [0.15, 0.2) is 0 Å². The van der Waals surface area contributed by atoms with Crippen LogP contribution in [0.5, 0.6) is 0 Å². The summed E-state index contributed by atoms with van der Waals surface area (Å²) in [6, 6.07) is 11.6. The third-order valence-corrected chi connectivity index (χ3v) is 5.87. The van der Waals surface area contributed by atoms with Gasteiger partial charge in [0.1, 0.15) is 5.65 Å². The maximum atomic E-state index is 12.6. The normalized spacial score (nSPS) is 12.5. The second-order valence-corrected chi connectivity index (χ2v) is 8.08. The molecule has 0 aliphatic heterocycles. The number of carbonyl (C=O) groups excluding carboxylic acids is 1. The Morgan fingerprint density at radius 3 is 2.93 bits per heavy atom. The summed E-state index contributed by atoms with van der Waals surface area (Å²) < 4.78 is 2.03. The number of aryl methyl sites for hydroxylation is 1. The zero-order chi connectivity index (χ0) is 20.4. The Morgan fingerprint density at radius 2 is 2.17 bits per heavy atom. The van der Waals surface area contributed by atoms with Gasteiger partial charge in [-0.3, -0.25) is 4.79 Å². The van der Waals surface area contributed by atoms with Gasteiger partial charge in [-0.2, -0.15) is 0 Å². The summed E-state index contributed by atoms with van der Waals surface area (Å²) in [7, 11) is 1.98. The minimum Gasteiger partial charge on any atom is -0.395 e. The quantitative estimate of drug-likeness (QED) is 0.351. The van der Waals surface area contributed by atoms with E-state index in [1.807, 2.05) is 42.1 Å². The van der Waals surface area contributed by atoms with Crippen LogP contribution < -0.4 is 5.32 Å². The Bertz CT molecular complexity index is 1130. The fourth-order valence-electron chi connectivity index (χ4n) is 3.44. The fraction of sp³-hybridized carbons (Fsp3) is 0.238. The number of amides is 1. The molecule has 4 aromatic rings. The van der Waals surface area contributed by atoms with Gasteiger partial charge < -0.3 is 25.1 Å². The summed E-state index contributed by atoms with van der Waals surface area (Å²) in [5.74, 6) is -0.309. The van der Waals surface area contributed by atoms with Crippen molar-refractivity contribution in [2.75, 3.05) is 19.1 Å². The fourth-order valence-corrected chi connectivity index (χ4v) is 3.96. The minimum absolute atomic E-state index is 0.0974. The zero-order valence-electron chi connectivity index (χ0n) is 15.9. The van der Waals surface area contributed by atoms with E-state index in [1.54, 1.807) is 12.3 Å². The number of hydrogen-bond donors (Lipinski definition) is 4. The molecule has 0 aliphatic carbocycles. The van der Waals surface area contributed by atoms with E-state index in [0.717, 1.165) is 33.2 Å². The second kappa shape index (κ2) is 8.28. The minimum atomic E-state index is -0.237. The van der Waals surface area contributed by atoms with E-state index in [0.29, 0.717) is 5.56 Å². The standard InChI is InChI=1S/C21H22N4O3S/c1-25-10-17(18-8-13-3-2-6-22-20(13)24-18)16-7-14(4-5-19(16)25)21(28)23-9-15(11-26)29-12-27/h2-8,10,15,26-27H,9,11-12H2,1H3,(H,22,24)(H,23,28). The lowest BCUT2D eigenvalue weighted by atomic mass is 10.1. The van der Waals surface area contributed by atoms with Crippen LogP contribution >= 0.6 is 11.8 Å². The smallest absolute Gasteiger partial charge is 0.251 e. The first-order chi connectivity index (χ1) is 14.1. The molecule has 0 aliphatic rings. The zero-order valence-corrected chi connectivity index (χ0v) is 16.7. The Hall–Kier alpha value is -2.81. The van der Waals surface area contributed by atoms with Gasteiger partial charge in [0, 0.05) is 64.3 Å². The third kappa shape index (κ3) is 3.87. The summed E-state index contributed by atoms with van der Waals surface area (Å²) >= 11 is 1.20. The van der Waals surface area contributed by atoms with Gasteiger partial charge in [0.2, 0.25) is 0 Å². The first-order valence-corrected chi connectivity index (χ1v) is 10.3. The molecule has 150 valence electrons. The molecule has 1 amide bonds. The van der Waals surface area contributed by atoms with Crippen molar-refractivity contribution in [3.63, 3.8) is 0 Å². The third-order valence-electron chi connectivity index (χ3n) is 4.94. The van der Waals surface area contributed by atoms with Crippen LogP contribution in [0.4, 0.5) is 0 Å². The van der Waals surface area contributed by atoms with Crippen molar-refractivity contribution >= 4 is 39.6 Å². The average molecular weight is 410 g/mol. The molecule has 1 unspecified atom stereocenters. The maximum Gasteiger partial charge on any atom is 0.251 e. The van der Waals surface area contributed by atoms with Crippen LogP contribution in [-0.2, 0) is 7.05 Å². The van der Waals surface area contributed by atoms with Gasteiger partial charge >= 0.3 is 0 Å². The number of nitrogens with one attached hydrogen (secondary N) is 2. The number of fused-ring (bicyclic) bond motifs is 2. The molecule has 0 spiro atoms. The number of nitrogens with zero attached hydrogens (tertiary/aromatic N) is 2. The number of benzene rings is 1. The lowest BCUT2D eigenvalue weighted by Crippen LogP contribution is -2.32. The van der Waals surface area contributed by atoms with Gasteiger partial charge in [0.05, 0.1) is 12.5 Å². The van der Waals surface area contributed by atoms with Gasteiger partial charge in [-0.05, 0) is 36.4 Å². The van der Waals surface area contributed by atoms with Crippen molar-refractivity contribution in [3.05, 3.63) is 54.4 Å². The van der Waals surface area contributed by atoms with Gasteiger partial charge in [0.25, 0.3) is 5.91 Å². The van der Waals surface area contributed by atoms with Gasteiger partial charge in [-0.25, -0.2) is 4.98 Å². The predicted molar refractivity (Wildman–Crippen MR) is 116 cm³/mol. The number of H-pyrrole nitrogens is 1. The van der Waals surface area contributed by atoms with Crippen molar-refractivity contribution in [2.45, 2.75) is 5.25 Å². The predicted octanol–water partition coefficient (Wildman–Crippen LogP) is 2.50. The number of thioether (sulfide) groups is 1. The van der Waals surface area contributed by atoms with E-state index in [1.165, 1.54) is 11.8 Å². The molecule has 0 fully saturated rings. The van der Waals surface area contributed by atoms with Crippen molar-refractivity contribution in [3.8, 4) is 11.3 Å². The topological polar surface area (TPSA) is 103 Å². The van der Waals surface area contributed by atoms with Crippen molar-refractivity contribution in [2.24, 2.45) is 7.05 Å². The summed E-state index contributed by atoms with van der Waals surface area (Å²) in [5.41, 5.74) is 4.34. The highest BCUT2D eigenvalue weighted by Crippen LogP contribution is 2.32. The highest BCUT2D eigenvalue weighted by atomic mass is 32.2. The molecule has 3 heterocycles. The summed E-state index contributed by atoms with van der Waals surface area (Å²) in [6.45, 7) is 0.176. The van der Waals surface area contributed by atoms with E-state index in [2.05, 4.69) is 21.4 Å². The number of pyridine rings is 1. The molecule has 1 aromatic carbocycles. The molecule has 8 heteroatoms. The number of aromatic nitrogens is 3. The van der Waals surface area contributed by atoms with Crippen LogP contribution in [0.3, 0.4) is 0 Å².